The molecule has 1 N–H and O–H groups in total. The Morgan fingerprint density at radius 3 is 2.64 bits per heavy atom. The first-order valence-corrected chi connectivity index (χ1v) is 10.4. The van der Waals surface area contributed by atoms with Gasteiger partial charge >= 0.3 is 0 Å². The van der Waals surface area contributed by atoms with E-state index >= 15 is 0 Å². The van der Waals surface area contributed by atoms with Gasteiger partial charge in [-0.3, -0.25) is 4.72 Å². The molecule has 0 saturated carbocycles. The number of sulfonamides is 1. The molecule has 4 aromatic rings. The fourth-order valence-corrected chi connectivity index (χ4v) is 4.81. The molecular weight excluding hydrogens is 404 g/mol. The van der Waals surface area contributed by atoms with Crippen molar-refractivity contribution in [3.63, 3.8) is 0 Å². The highest BCUT2D eigenvalue weighted by molar-refractivity contribution is 7.92. The number of pyridine rings is 1. The van der Waals surface area contributed by atoms with Crippen LogP contribution in [0.5, 0.6) is 0 Å². The zero-order valence-electron chi connectivity index (χ0n) is 14.5. The maximum absolute atomic E-state index is 13.9. The molecule has 142 valence electrons. The van der Waals surface area contributed by atoms with Gasteiger partial charge in [0, 0.05) is 11.8 Å². The lowest BCUT2D eigenvalue weighted by Crippen LogP contribution is -2.15. The Balaban J connectivity index is 1.67. The molecule has 0 bridgehead atoms. The SMILES string of the molecule is Cc1cc(-c2nc3cccnc3s2)ccc1NS(=O)(=O)c1cc(F)ccc1F. The van der Waals surface area contributed by atoms with Crippen LogP contribution in [-0.2, 0) is 10.0 Å². The van der Waals surface area contributed by atoms with Crippen molar-refractivity contribution in [1.82, 2.24) is 9.97 Å². The molecule has 0 amide bonds. The zero-order valence-corrected chi connectivity index (χ0v) is 16.1. The molecule has 2 aromatic heterocycles. The Morgan fingerprint density at radius 1 is 1.07 bits per heavy atom. The number of hydrogen-bond acceptors (Lipinski definition) is 5. The molecule has 2 heterocycles. The fraction of sp³-hybridized carbons (Fsp3) is 0.0526. The van der Waals surface area contributed by atoms with Crippen molar-refractivity contribution in [2.75, 3.05) is 4.72 Å². The van der Waals surface area contributed by atoms with E-state index in [1.54, 1.807) is 37.4 Å². The summed E-state index contributed by atoms with van der Waals surface area (Å²) in [5.41, 5.74) is 2.48. The molecule has 0 aliphatic rings. The number of hydrogen-bond donors (Lipinski definition) is 1. The van der Waals surface area contributed by atoms with E-state index in [1.807, 2.05) is 6.07 Å². The van der Waals surface area contributed by atoms with Crippen LogP contribution in [0.1, 0.15) is 5.56 Å². The van der Waals surface area contributed by atoms with Crippen LogP contribution < -0.4 is 4.72 Å². The third kappa shape index (κ3) is 3.46. The van der Waals surface area contributed by atoms with Crippen molar-refractivity contribution in [2.24, 2.45) is 0 Å². The number of fused-ring (bicyclic) bond motifs is 1. The Hall–Kier alpha value is -2.91. The predicted octanol–water partition coefficient (Wildman–Crippen LogP) is 4.75. The number of nitrogens with zero attached hydrogens (tertiary/aromatic N) is 2. The lowest BCUT2D eigenvalue weighted by Gasteiger charge is -2.12. The highest BCUT2D eigenvalue weighted by Gasteiger charge is 2.21. The molecule has 5 nitrogen and oxygen atoms in total. The quantitative estimate of drug-likeness (QED) is 0.520. The number of aromatic nitrogens is 2. The normalized spacial score (nSPS) is 11.7. The molecule has 0 spiro atoms. The smallest absolute Gasteiger partial charge is 0.264 e. The highest BCUT2D eigenvalue weighted by atomic mass is 32.2. The number of aryl methyl sites for hydroxylation is 1. The summed E-state index contributed by atoms with van der Waals surface area (Å²) in [6.45, 7) is 1.72. The molecular formula is C19H13F2N3O2S2. The van der Waals surface area contributed by atoms with Crippen LogP contribution in [0.15, 0.2) is 59.6 Å². The van der Waals surface area contributed by atoms with Gasteiger partial charge in [-0.15, -0.1) is 0 Å². The topological polar surface area (TPSA) is 72.0 Å². The average molecular weight is 417 g/mol. The molecule has 0 saturated heterocycles. The molecule has 0 radical (unpaired) electrons. The predicted molar refractivity (Wildman–Crippen MR) is 105 cm³/mol. The number of halogens is 2. The maximum atomic E-state index is 13.9. The van der Waals surface area contributed by atoms with Crippen molar-refractivity contribution < 1.29 is 17.2 Å². The minimum atomic E-state index is -4.28. The third-order valence-electron chi connectivity index (χ3n) is 4.07. The second-order valence-electron chi connectivity index (χ2n) is 6.06. The van der Waals surface area contributed by atoms with Crippen molar-refractivity contribution in [2.45, 2.75) is 11.8 Å². The van der Waals surface area contributed by atoms with Crippen molar-refractivity contribution in [1.29, 1.82) is 0 Å². The largest absolute Gasteiger partial charge is 0.279 e. The summed E-state index contributed by atoms with van der Waals surface area (Å²) < 4.78 is 54.4. The van der Waals surface area contributed by atoms with Gasteiger partial charge in [-0.2, -0.15) is 0 Å². The van der Waals surface area contributed by atoms with E-state index in [-0.39, 0.29) is 5.69 Å². The van der Waals surface area contributed by atoms with Gasteiger partial charge in [-0.1, -0.05) is 11.3 Å². The number of rotatable bonds is 4. The molecule has 4 rings (SSSR count). The second-order valence-corrected chi connectivity index (χ2v) is 8.68. The summed E-state index contributed by atoms with van der Waals surface area (Å²) >= 11 is 1.43. The molecule has 9 heteroatoms. The van der Waals surface area contributed by atoms with E-state index in [9.17, 15) is 17.2 Å². The molecule has 0 unspecified atom stereocenters. The zero-order chi connectivity index (χ0) is 19.9. The van der Waals surface area contributed by atoms with Gasteiger partial charge < -0.3 is 0 Å². The summed E-state index contributed by atoms with van der Waals surface area (Å²) in [7, 11) is -4.28. The first kappa shape index (κ1) is 18.5. The van der Waals surface area contributed by atoms with Crippen LogP contribution in [0, 0.1) is 18.6 Å². The van der Waals surface area contributed by atoms with Crippen molar-refractivity contribution in [3.8, 4) is 10.6 Å². The van der Waals surface area contributed by atoms with Crippen LogP contribution in [0.3, 0.4) is 0 Å². The molecule has 0 aliphatic carbocycles. The van der Waals surface area contributed by atoms with Gasteiger partial charge in [0.15, 0.2) is 0 Å². The Bertz CT molecular complexity index is 1270. The van der Waals surface area contributed by atoms with E-state index in [4.69, 9.17) is 0 Å². The number of benzene rings is 2. The average Bonchev–Trinajstić information content (AvgIpc) is 3.09. The van der Waals surface area contributed by atoms with Gasteiger partial charge in [-0.05, 0) is 61.0 Å². The summed E-state index contributed by atoms with van der Waals surface area (Å²) in [6, 6.07) is 11.0. The lowest BCUT2D eigenvalue weighted by molar-refractivity contribution is 0.555. The second kappa shape index (κ2) is 6.92. The monoisotopic (exact) mass is 417 g/mol. The minimum Gasteiger partial charge on any atom is -0.279 e. The van der Waals surface area contributed by atoms with Crippen LogP contribution in [0.2, 0.25) is 0 Å². The van der Waals surface area contributed by atoms with Crippen LogP contribution in [-0.4, -0.2) is 18.4 Å². The Labute approximate surface area is 163 Å². The number of thiazole rings is 1. The standard InChI is InChI=1S/C19H13F2N3O2S2/c1-11-9-12(18-23-16-3-2-8-22-19(16)27-18)4-7-15(11)24-28(25,26)17-10-13(20)5-6-14(17)21/h2-10,24H,1H3. The molecule has 0 aliphatic heterocycles. The first-order chi connectivity index (χ1) is 13.3. The third-order valence-corrected chi connectivity index (χ3v) is 6.48. The molecule has 0 atom stereocenters. The lowest BCUT2D eigenvalue weighted by atomic mass is 10.1. The number of anilines is 1. The number of nitrogens with one attached hydrogen (secondary N) is 1. The van der Waals surface area contributed by atoms with Gasteiger partial charge in [0.2, 0.25) is 0 Å². The molecule has 28 heavy (non-hydrogen) atoms. The van der Waals surface area contributed by atoms with Gasteiger partial charge in [0.25, 0.3) is 10.0 Å². The molecule has 0 fully saturated rings. The Morgan fingerprint density at radius 2 is 1.89 bits per heavy atom. The van der Waals surface area contributed by atoms with Gasteiger partial charge in [0.1, 0.15) is 31.9 Å². The van der Waals surface area contributed by atoms with Crippen molar-refractivity contribution in [3.05, 3.63) is 71.9 Å². The summed E-state index contributed by atoms with van der Waals surface area (Å²) in [5, 5.41) is 0.752. The van der Waals surface area contributed by atoms with Crippen LogP contribution in [0.25, 0.3) is 20.9 Å². The van der Waals surface area contributed by atoms with Crippen LogP contribution in [0.4, 0.5) is 14.5 Å². The van der Waals surface area contributed by atoms with Gasteiger partial charge in [-0.25, -0.2) is 27.2 Å². The van der Waals surface area contributed by atoms with E-state index in [0.29, 0.717) is 11.6 Å². The first-order valence-electron chi connectivity index (χ1n) is 8.14. The molecule has 2 aromatic carbocycles. The van der Waals surface area contributed by atoms with Crippen molar-refractivity contribution >= 4 is 37.4 Å². The Kier molecular flexibility index (Phi) is 4.56. The van der Waals surface area contributed by atoms with E-state index in [1.165, 1.54) is 11.3 Å². The summed E-state index contributed by atoms with van der Waals surface area (Å²) in [4.78, 5) is 8.85. The van der Waals surface area contributed by atoms with Crippen LogP contribution >= 0.6 is 11.3 Å². The highest BCUT2D eigenvalue weighted by Crippen LogP contribution is 2.31. The fourth-order valence-electron chi connectivity index (χ4n) is 2.69. The summed E-state index contributed by atoms with van der Waals surface area (Å²) in [6.07, 6.45) is 1.69. The minimum absolute atomic E-state index is 0.270. The van der Waals surface area contributed by atoms with E-state index in [2.05, 4.69) is 14.7 Å². The van der Waals surface area contributed by atoms with Gasteiger partial charge in [0.05, 0.1) is 5.69 Å². The van der Waals surface area contributed by atoms with E-state index < -0.39 is 26.6 Å². The summed E-state index contributed by atoms with van der Waals surface area (Å²) in [5.74, 6) is -1.86. The van der Waals surface area contributed by atoms with E-state index in [0.717, 1.165) is 33.1 Å². The maximum Gasteiger partial charge on any atom is 0.264 e.